The lowest BCUT2D eigenvalue weighted by Crippen LogP contribution is -2.38. The maximum atomic E-state index is 11.3. The topological polar surface area (TPSA) is 75.6 Å². The summed E-state index contributed by atoms with van der Waals surface area (Å²) >= 11 is 3.30. The molecule has 0 aliphatic carbocycles. The minimum absolute atomic E-state index is 0.119. The number of halogens is 1. The third-order valence-corrected chi connectivity index (χ3v) is 2.69. The number of hydrogen-bond donors (Lipinski definition) is 2. The Hall–Kier alpha value is -1.56. The van der Waals surface area contributed by atoms with Gasteiger partial charge in [0.2, 0.25) is 5.91 Å². The zero-order valence-corrected chi connectivity index (χ0v) is 11.4. The van der Waals surface area contributed by atoms with Crippen LogP contribution in [0.25, 0.3) is 0 Å². The molecule has 0 saturated carbocycles. The van der Waals surface area contributed by atoms with Crippen LogP contribution in [0, 0.1) is 0 Å². The summed E-state index contributed by atoms with van der Waals surface area (Å²) in [4.78, 5) is 21.9. The third-order valence-electron chi connectivity index (χ3n) is 2.16. The number of carboxylic acid groups (broad SMARTS) is 1. The normalized spacial score (nSPS) is 11.7. The van der Waals surface area contributed by atoms with E-state index in [1.807, 2.05) is 12.1 Å². The fraction of sp³-hybridized carbons (Fsp3) is 0.333. The van der Waals surface area contributed by atoms with Crippen LogP contribution in [-0.2, 0) is 9.59 Å². The largest absolute Gasteiger partial charge is 0.493 e. The zero-order chi connectivity index (χ0) is 13.5. The van der Waals surface area contributed by atoms with Gasteiger partial charge in [0.1, 0.15) is 11.8 Å². The van der Waals surface area contributed by atoms with Crippen LogP contribution >= 0.6 is 15.9 Å². The van der Waals surface area contributed by atoms with Crippen LogP contribution in [0.5, 0.6) is 5.75 Å². The molecule has 0 radical (unpaired) electrons. The molecule has 1 rings (SSSR count). The predicted octanol–water partition coefficient (Wildman–Crippen LogP) is 1.81. The van der Waals surface area contributed by atoms with Crippen molar-refractivity contribution >= 4 is 27.8 Å². The number of carboxylic acids is 1. The van der Waals surface area contributed by atoms with Crippen molar-refractivity contribution in [2.24, 2.45) is 0 Å². The summed E-state index contributed by atoms with van der Waals surface area (Å²) in [5.41, 5.74) is 0. The Bertz CT molecular complexity index is 419. The lowest BCUT2D eigenvalue weighted by atomic mass is 10.3. The Morgan fingerprint density at radius 3 is 2.56 bits per heavy atom. The number of rotatable bonds is 6. The van der Waals surface area contributed by atoms with E-state index in [1.165, 1.54) is 6.92 Å². The molecule has 0 bridgehead atoms. The van der Waals surface area contributed by atoms with Crippen LogP contribution in [-0.4, -0.2) is 29.6 Å². The fourth-order valence-corrected chi connectivity index (χ4v) is 1.43. The number of benzene rings is 1. The molecule has 6 heteroatoms. The smallest absolute Gasteiger partial charge is 0.325 e. The highest BCUT2D eigenvalue weighted by molar-refractivity contribution is 9.10. The van der Waals surface area contributed by atoms with Crippen molar-refractivity contribution in [3.8, 4) is 5.75 Å². The van der Waals surface area contributed by atoms with Gasteiger partial charge in [-0.3, -0.25) is 9.59 Å². The van der Waals surface area contributed by atoms with Crippen molar-refractivity contribution in [1.82, 2.24) is 5.32 Å². The van der Waals surface area contributed by atoms with Crippen molar-refractivity contribution in [2.75, 3.05) is 6.61 Å². The molecule has 0 aliphatic heterocycles. The summed E-state index contributed by atoms with van der Waals surface area (Å²) in [6.07, 6.45) is 0.119. The van der Waals surface area contributed by atoms with Gasteiger partial charge in [-0.05, 0) is 31.2 Å². The Morgan fingerprint density at radius 2 is 2.00 bits per heavy atom. The quantitative estimate of drug-likeness (QED) is 0.839. The van der Waals surface area contributed by atoms with Gasteiger partial charge >= 0.3 is 5.97 Å². The molecule has 5 nitrogen and oxygen atoms in total. The van der Waals surface area contributed by atoms with E-state index in [1.54, 1.807) is 12.1 Å². The summed E-state index contributed by atoms with van der Waals surface area (Å²) in [5, 5.41) is 11.0. The van der Waals surface area contributed by atoms with Crippen LogP contribution in [0.4, 0.5) is 0 Å². The van der Waals surface area contributed by atoms with Crippen LogP contribution in [0.1, 0.15) is 13.3 Å². The molecule has 18 heavy (non-hydrogen) atoms. The number of nitrogens with one attached hydrogen (secondary N) is 1. The van der Waals surface area contributed by atoms with Gasteiger partial charge in [-0.1, -0.05) is 15.9 Å². The summed E-state index contributed by atoms with van der Waals surface area (Å²) in [6.45, 7) is 1.62. The number of amides is 1. The van der Waals surface area contributed by atoms with Crippen LogP contribution < -0.4 is 10.1 Å². The SMILES string of the molecule is C[C@@H](NC(=O)CCOc1ccc(Br)cc1)C(=O)O. The van der Waals surface area contributed by atoms with Crippen molar-refractivity contribution in [2.45, 2.75) is 19.4 Å². The minimum Gasteiger partial charge on any atom is -0.493 e. The van der Waals surface area contributed by atoms with Gasteiger partial charge in [0, 0.05) is 4.47 Å². The van der Waals surface area contributed by atoms with Gasteiger partial charge in [-0.2, -0.15) is 0 Å². The van der Waals surface area contributed by atoms with Crippen molar-refractivity contribution in [3.05, 3.63) is 28.7 Å². The molecule has 0 aliphatic rings. The summed E-state index contributed by atoms with van der Waals surface area (Å²) in [5.74, 6) is -0.739. The van der Waals surface area contributed by atoms with Gasteiger partial charge < -0.3 is 15.2 Å². The standard InChI is InChI=1S/C12H14BrNO4/c1-8(12(16)17)14-11(15)6-7-18-10-4-2-9(13)3-5-10/h2-5,8H,6-7H2,1H3,(H,14,15)(H,16,17)/t8-/m1/s1. The number of aliphatic carboxylic acids is 1. The molecule has 0 fully saturated rings. The maximum Gasteiger partial charge on any atom is 0.325 e. The minimum atomic E-state index is -1.06. The lowest BCUT2D eigenvalue weighted by molar-refractivity contribution is -0.141. The van der Waals surface area contributed by atoms with Gasteiger partial charge in [0.25, 0.3) is 0 Å². The fourth-order valence-electron chi connectivity index (χ4n) is 1.17. The molecule has 1 atom stereocenters. The van der Waals surface area contributed by atoms with Gasteiger partial charge in [0.15, 0.2) is 0 Å². The first-order chi connectivity index (χ1) is 8.49. The Balaban J connectivity index is 2.27. The number of hydrogen-bond acceptors (Lipinski definition) is 3. The summed E-state index contributed by atoms with van der Waals surface area (Å²) < 4.78 is 6.29. The van der Waals surface area contributed by atoms with E-state index in [0.29, 0.717) is 5.75 Å². The second kappa shape index (κ2) is 7.00. The number of carbonyl (C=O) groups excluding carboxylic acids is 1. The molecule has 0 aromatic heterocycles. The molecule has 0 saturated heterocycles. The molecule has 1 aromatic carbocycles. The van der Waals surface area contributed by atoms with Gasteiger partial charge in [0.05, 0.1) is 13.0 Å². The molecule has 0 heterocycles. The highest BCUT2D eigenvalue weighted by Gasteiger charge is 2.13. The highest BCUT2D eigenvalue weighted by Crippen LogP contribution is 2.16. The van der Waals surface area contributed by atoms with Crippen molar-refractivity contribution < 1.29 is 19.4 Å². The summed E-state index contributed by atoms with van der Waals surface area (Å²) in [6, 6.07) is 6.35. The van der Waals surface area contributed by atoms with E-state index < -0.39 is 12.0 Å². The second-order valence-electron chi connectivity index (χ2n) is 3.68. The van der Waals surface area contributed by atoms with Crippen LogP contribution in [0.2, 0.25) is 0 Å². The van der Waals surface area contributed by atoms with Crippen molar-refractivity contribution in [1.29, 1.82) is 0 Å². The van der Waals surface area contributed by atoms with E-state index in [2.05, 4.69) is 21.2 Å². The first-order valence-corrected chi connectivity index (χ1v) is 6.19. The van der Waals surface area contributed by atoms with Gasteiger partial charge in [-0.25, -0.2) is 0 Å². The highest BCUT2D eigenvalue weighted by atomic mass is 79.9. The van der Waals surface area contributed by atoms with Crippen LogP contribution in [0.15, 0.2) is 28.7 Å². The first kappa shape index (κ1) is 14.5. The van der Waals surface area contributed by atoms with E-state index in [-0.39, 0.29) is 18.9 Å². The molecule has 98 valence electrons. The Kier molecular flexibility index (Phi) is 5.64. The third kappa shape index (κ3) is 5.18. The predicted molar refractivity (Wildman–Crippen MR) is 69.5 cm³/mol. The van der Waals surface area contributed by atoms with Gasteiger partial charge in [-0.15, -0.1) is 0 Å². The Morgan fingerprint density at radius 1 is 1.39 bits per heavy atom. The average Bonchev–Trinajstić information content (AvgIpc) is 2.31. The van der Waals surface area contributed by atoms with E-state index in [4.69, 9.17) is 9.84 Å². The monoisotopic (exact) mass is 315 g/mol. The molecule has 0 spiro atoms. The van der Waals surface area contributed by atoms with E-state index in [0.717, 1.165) is 4.47 Å². The number of carbonyl (C=O) groups is 2. The molecular weight excluding hydrogens is 302 g/mol. The molecule has 1 aromatic rings. The molecular formula is C12H14BrNO4. The molecule has 2 N–H and O–H groups in total. The molecule has 1 amide bonds. The average molecular weight is 316 g/mol. The van der Waals surface area contributed by atoms with Crippen molar-refractivity contribution in [3.63, 3.8) is 0 Å². The van der Waals surface area contributed by atoms with Crippen LogP contribution in [0.3, 0.4) is 0 Å². The second-order valence-corrected chi connectivity index (χ2v) is 4.60. The lowest BCUT2D eigenvalue weighted by Gasteiger charge is -2.10. The molecule has 0 unspecified atom stereocenters. The number of ether oxygens (including phenoxy) is 1. The zero-order valence-electron chi connectivity index (χ0n) is 9.85. The van der Waals surface area contributed by atoms with E-state index in [9.17, 15) is 9.59 Å². The Labute approximate surface area is 113 Å². The first-order valence-electron chi connectivity index (χ1n) is 5.39. The summed E-state index contributed by atoms with van der Waals surface area (Å²) in [7, 11) is 0. The maximum absolute atomic E-state index is 11.3. The van der Waals surface area contributed by atoms with E-state index >= 15 is 0 Å².